The SMILES string of the molecule is CC(C)Cc1nc(N2CC3CCCNC3C2)n[nH]1. The molecule has 0 bridgehead atoms. The largest absolute Gasteiger partial charge is 0.338 e. The summed E-state index contributed by atoms with van der Waals surface area (Å²) in [4.78, 5) is 6.95. The Morgan fingerprint density at radius 1 is 1.39 bits per heavy atom. The smallest absolute Gasteiger partial charge is 0.244 e. The highest BCUT2D eigenvalue weighted by atomic mass is 15.4. The van der Waals surface area contributed by atoms with E-state index < -0.39 is 0 Å². The van der Waals surface area contributed by atoms with E-state index in [0.29, 0.717) is 12.0 Å². The van der Waals surface area contributed by atoms with Gasteiger partial charge in [-0.15, -0.1) is 5.10 Å². The second kappa shape index (κ2) is 4.88. The van der Waals surface area contributed by atoms with Crippen LogP contribution in [0.1, 0.15) is 32.5 Å². The summed E-state index contributed by atoms with van der Waals surface area (Å²) in [5.41, 5.74) is 0. The Kier molecular flexibility index (Phi) is 3.24. The highest BCUT2D eigenvalue weighted by Gasteiger charge is 2.35. The second-order valence-corrected chi connectivity index (χ2v) is 6.05. The van der Waals surface area contributed by atoms with Crippen LogP contribution in [0.5, 0.6) is 0 Å². The van der Waals surface area contributed by atoms with Crippen LogP contribution in [0.3, 0.4) is 0 Å². The maximum Gasteiger partial charge on any atom is 0.244 e. The lowest BCUT2D eigenvalue weighted by Gasteiger charge is -2.24. The third-order valence-corrected chi connectivity index (χ3v) is 4.00. The standard InChI is InChI=1S/C13H23N5/c1-9(2)6-12-15-13(17-16-12)18-7-10-4-3-5-14-11(10)8-18/h9-11,14H,3-8H2,1-2H3,(H,15,16,17). The third kappa shape index (κ3) is 2.36. The number of aromatic amines is 1. The Balaban J connectivity index is 1.66. The van der Waals surface area contributed by atoms with Crippen molar-refractivity contribution in [2.24, 2.45) is 11.8 Å². The maximum atomic E-state index is 4.62. The van der Waals surface area contributed by atoms with Gasteiger partial charge in [-0.05, 0) is 31.2 Å². The van der Waals surface area contributed by atoms with Crippen LogP contribution in [0.15, 0.2) is 0 Å². The van der Waals surface area contributed by atoms with Gasteiger partial charge in [0.2, 0.25) is 5.95 Å². The molecule has 2 saturated heterocycles. The van der Waals surface area contributed by atoms with E-state index in [1.165, 1.54) is 19.4 Å². The van der Waals surface area contributed by atoms with Gasteiger partial charge in [0.25, 0.3) is 0 Å². The van der Waals surface area contributed by atoms with Crippen LogP contribution >= 0.6 is 0 Å². The minimum absolute atomic E-state index is 0.619. The van der Waals surface area contributed by atoms with Crippen LogP contribution in [0, 0.1) is 11.8 Å². The molecule has 0 saturated carbocycles. The second-order valence-electron chi connectivity index (χ2n) is 6.05. The highest BCUT2D eigenvalue weighted by molar-refractivity contribution is 5.32. The average Bonchev–Trinajstić information content (AvgIpc) is 2.93. The molecular weight excluding hydrogens is 226 g/mol. The fraction of sp³-hybridized carbons (Fsp3) is 0.846. The van der Waals surface area contributed by atoms with E-state index >= 15 is 0 Å². The normalized spacial score (nSPS) is 27.8. The number of H-pyrrole nitrogens is 1. The number of fused-ring (bicyclic) bond motifs is 1. The van der Waals surface area contributed by atoms with E-state index in [1.54, 1.807) is 0 Å². The van der Waals surface area contributed by atoms with Crippen molar-refractivity contribution in [2.75, 3.05) is 24.5 Å². The van der Waals surface area contributed by atoms with Gasteiger partial charge in [0, 0.05) is 25.6 Å². The van der Waals surface area contributed by atoms with Crippen LogP contribution < -0.4 is 10.2 Å². The number of hydrogen-bond acceptors (Lipinski definition) is 4. The van der Waals surface area contributed by atoms with Crippen molar-refractivity contribution in [1.29, 1.82) is 0 Å². The average molecular weight is 249 g/mol. The summed E-state index contributed by atoms with van der Waals surface area (Å²) < 4.78 is 0. The van der Waals surface area contributed by atoms with Crippen molar-refractivity contribution in [3.05, 3.63) is 5.82 Å². The minimum Gasteiger partial charge on any atom is -0.338 e. The zero-order valence-electron chi connectivity index (χ0n) is 11.3. The predicted octanol–water partition coefficient (Wildman–Crippen LogP) is 1.19. The summed E-state index contributed by atoms with van der Waals surface area (Å²) in [7, 11) is 0. The monoisotopic (exact) mass is 249 g/mol. The molecule has 2 aliphatic heterocycles. The predicted molar refractivity (Wildman–Crippen MR) is 71.7 cm³/mol. The van der Waals surface area contributed by atoms with Gasteiger partial charge in [0.05, 0.1) is 0 Å². The molecule has 0 amide bonds. The molecule has 2 unspecified atom stereocenters. The first kappa shape index (κ1) is 12.0. The summed E-state index contributed by atoms with van der Waals surface area (Å²) >= 11 is 0. The molecule has 2 aliphatic rings. The Hall–Kier alpha value is -1.10. The molecule has 2 atom stereocenters. The molecule has 0 spiro atoms. The van der Waals surface area contributed by atoms with Gasteiger partial charge in [-0.1, -0.05) is 13.8 Å². The van der Waals surface area contributed by atoms with Crippen molar-refractivity contribution in [3.63, 3.8) is 0 Å². The van der Waals surface area contributed by atoms with E-state index in [2.05, 4.69) is 39.2 Å². The van der Waals surface area contributed by atoms with Crippen molar-refractivity contribution >= 4 is 5.95 Å². The molecule has 0 aromatic carbocycles. The first-order valence-corrected chi connectivity index (χ1v) is 7.12. The first-order chi connectivity index (χ1) is 8.72. The number of nitrogens with zero attached hydrogens (tertiary/aromatic N) is 3. The molecule has 5 heteroatoms. The summed E-state index contributed by atoms with van der Waals surface area (Å²) in [5.74, 6) is 3.31. The fourth-order valence-electron chi connectivity index (χ4n) is 3.11. The van der Waals surface area contributed by atoms with E-state index in [-0.39, 0.29) is 0 Å². The van der Waals surface area contributed by atoms with Crippen molar-refractivity contribution < 1.29 is 0 Å². The van der Waals surface area contributed by atoms with Gasteiger partial charge >= 0.3 is 0 Å². The lowest BCUT2D eigenvalue weighted by Crippen LogP contribution is -2.40. The number of piperidine rings is 1. The number of rotatable bonds is 3. The van der Waals surface area contributed by atoms with Crippen LogP contribution in [0.25, 0.3) is 0 Å². The van der Waals surface area contributed by atoms with Crippen molar-refractivity contribution in [1.82, 2.24) is 20.5 Å². The number of nitrogens with one attached hydrogen (secondary N) is 2. The Labute approximate surface area is 108 Å². The van der Waals surface area contributed by atoms with E-state index in [0.717, 1.165) is 37.2 Å². The zero-order valence-corrected chi connectivity index (χ0v) is 11.3. The summed E-state index contributed by atoms with van der Waals surface area (Å²) in [6.45, 7) is 7.74. The molecular formula is C13H23N5. The summed E-state index contributed by atoms with van der Waals surface area (Å²) in [5, 5.41) is 11.1. The summed E-state index contributed by atoms with van der Waals surface area (Å²) in [6.07, 6.45) is 3.63. The number of anilines is 1. The van der Waals surface area contributed by atoms with E-state index in [1.807, 2.05) is 0 Å². The van der Waals surface area contributed by atoms with Gasteiger partial charge in [-0.25, -0.2) is 0 Å². The quantitative estimate of drug-likeness (QED) is 0.845. The van der Waals surface area contributed by atoms with Crippen molar-refractivity contribution in [3.8, 4) is 0 Å². The highest BCUT2D eigenvalue weighted by Crippen LogP contribution is 2.27. The van der Waals surface area contributed by atoms with Crippen LogP contribution in [0.2, 0.25) is 0 Å². The molecule has 0 radical (unpaired) electrons. The molecule has 1 aromatic heterocycles. The van der Waals surface area contributed by atoms with Crippen LogP contribution in [0.4, 0.5) is 5.95 Å². The molecule has 18 heavy (non-hydrogen) atoms. The van der Waals surface area contributed by atoms with Crippen LogP contribution in [-0.4, -0.2) is 40.9 Å². The molecule has 3 heterocycles. The van der Waals surface area contributed by atoms with E-state index in [4.69, 9.17) is 0 Å². The van der Waals surface area contributed by atoms with Gasteiger partial charge in [-0.3, -0.25) is 5.10 Å². The fourth-order valence-corrected chi connectivity index (χ4v) is 3.11. The molecule has 0 aliphatic carbocycles. The molecule has 5 nitrogen and oxygen atoms in total. The topological polar surface area (TPSA) is 56.8 Å². The van der Waals surface area contributed by atoms with Crippen LogP contribution in [-0.2, 0) is 6.42 Å². The van der Waals surface area contributed by atoms with E-state index in [9.17, 15) is 0 Å². The Bertz CT molecular complexity index is 386. The zero-order chi connectivity index (χ0) is 12.5. The first-order valence-electron chi connectivity index (χ1n) is 7.12. The van der Waals surface area contributed by atoms with Crippen molar-refractivity contribution in [2.45, 2.75) is 39.2 Å². The summed E-state index contributed by atoms with van der Waals surface area (Å²) in [6, 6.07) is 0.644. The molecule has 100 valence electrons. The molecule has 1 aromatic rings. The molecule has 2 fully saturated rings. The minimum atomic E-state index is 0.619. The van der Waals surface area contributed by atoms with Gasteiger partial charge in [0.1, 0.15) is 5.82 Å². The van der Waals surface area contributed by atoms with Gasteiger partial charge in [0.15, 0.2) is 0 Å². The number of aromatic nitrogens is 3. The molecule has 2 N–H and O–H groups in total. The Morgan fingerprint density at radius 3 is 3.06 bits per heavy atom. The maximum absolute atomic E-state index is 4.62. The van der Waals surface area contributed by atoms with Gasteiger partial charge in [-0.2, -0.15) is 4.98 Å². The lowest BCUT2D eigenvalue weighted by molar-refractivity contribution is 0.340. The van der Waals surface area contributed by atoms with Gasteiger partial charge < -0.3 is 10.2 Å². The third-order valence-electron chi connectivity index (χ3n) is 4.00. The Morgan fingerprint density at radius 2 is 2.28 bits per heavy atom. The lowest BCUT2D eigenvalue weighted by atomic mass is 9.94. The number of hydrogen-bond donors (Lipinski definition) is 2. The molecule has 3 rings (SSSR count).